The first-order valence-electron chi connectivity index (χ1n) is 3.50. The summed E-state index contributed by atoms with van der Waals surface area (Å²) >= 11 is -0.182. The molecule has 0 saturated heterocycles. The van der Waals surface area contributed by atoms with Gasteiger partial charge in [-0.1, -0.05) is 0 Å². The fourth-order valence-corrected chi connectivity index (χ4v) is 6.66. The molecule has 0 rings (SSSR count). The van der Waals surface area contributed by atoms with Gasteiger partial charge in [0.05, 0.1) is 0 Å². The molecule has 0 aromatic rings. The molecule has 0 fully saturated rings. The third kappa shape index (κ3) is 18.4. The van der Waals surface area contributed by atoms with Crippen LogP contribution < -0.4 is 0 Å². The zero-order valence-electron chi connectivity index (χ0n) is 8.32. The van der Waals surface area contributed by atoms with Crippen molar-refractivity contribution in [2.75, 3.05) is 0 Å². The first-order valence-corrected chi connectivity index (χ1v) is 5.96. The van der Waals surface area contributed by atoms with Crippen LogP contribution in [0, 0.1) is 0 Å². The molecule has 0 aromatic heterocycles. The second-order valence-corrected chi connectivity index (χ2v) is 12.6. The van der Waals surface area contributed by atoms with Crippen molar-refractivity contribution in [3.05, 3.63) is 0 Å². The van der Waals surface area contributed by atoms with Gasteiger partial charge < -0.3 is 0 Å². The predicted molar refractivity (Wildman–Crippen MR) is 53.9 cm³/mol. The van der Waals surface area contributed by atoms with Gasteiger partial charge in [-0.3, -0.25) is 0 Å². The smallest absolute Gasteiger partial charge is 0.147 e. The van der Waals surface area contributed by atoms with Crippen LogP contribution in [0.15, 0.2) is 0 Å². The molecule has 0 aliphatic carbocycles. The van der Waals surface area contributed by atoms with Gasteiger partial charge >= 0.3 is 71.0 Å². The Morgan fingerprint density at radius 1 is 0.636 bits per heavy atom. The molecule has 0 saturated carbocycles. The van der Waals surface area contributed by atoms with Crippen molar-refractivity contribution in [3.8, 4) is 0 Å². The third-order valence-corrected chi connectivity index (χ3v) is 4.44. The van der Waals surface area contributed by atoms with Crippen LogP contribution >= 0.6 is 24.8 Å². The van der Waals surface area contributed by atoms with Crippen molar-refractivity contribution < 1.29 is 23.2 Å². The molecule has 0 radical (unpaired) electrons. The number of rotatable bonds is 0. The molecule has 0 N–H and O–H groups in total. The van der Waals surface area contributed by atoms with Crippen LogP contribution in [0.2, 0.25) is 6.25 Å². The van der Waals surface area contributed by atoms with Gasteiger partial charge in [0.15, 0.2) is 0 Å². The Bertz CT molecular complexity index is 77.2. The molecule has 0 nitrogen and oxygen atoms in total. The minimum Gasteiger partial charge on any atom is -0.147 e. The number of halogens is 2. The standard InChI is InChI=1S/2C4H9.2ClH.Zr/c2*1-4(2)3;;;/h2*1-3H3;2*1H;. The van der Waals surface area contributed by atoms with Crippen LogP contribution in [-0.4, -0.2) is 0 Å². The fraction of sp³-hybridized carbons (Fsp3) is 1.00. The zero-order valence-corrected chi connectivity index (χ0v) is 12.4. The van der Waals surface area contributed by atoms with Gasteiger partial charge in [0.25, 0.3) is 0 Å². The second-order valence-electron chi connectivity index (χ2n) is 4.62. The van der Waals surface area contributed by atoms with E-state index in [-0.39, 0.29) is 48.0 Å². The predicted octanol–water partition coefficient (Wildman–Crippen LogP) is 4.35. The Balaban J connectivity index is -0.000000320. The molecule has 70 valence electrons. The monoisotopic (exact) mass is 276 g/mol. The van der Waals surface area contributed by atoms with Gasteiger partial charge in [-0.2, -0.15) is 0 Å². The van der Waals surface area contributed by atoms with Crippen LogP contribution in [0.5, 0.6) is 0 Å². The molecule has 0 bridgehead atoms. The van der Waals surface area contributed by atoms with E-state index in [1.807, 2.05) is 0 Å². The average molecular weight is 278 g/mol. The summed E-state index contributed by atoms with van der Waals surface area (Å²) in [6.07, 6.45) is 0. The SMILES string of the molecule is C[C](C)(C)[Zr][C](C)(C)C.Cl.Cl. The first-order chi connectivity index (χ1) is 3.71. The first kappa shape index (κ1) is 18.3. The summed E-state index contributed by atoms with van der Waals surface area (Å²) in [5, 5.41) is 0. The molecule has 0 unspecified atom stereocenters. The molecule has 0 heterocycles. The van der Waals surface area contributed by atoms with E-state index in [2.05, 4.69) is 41.5 Å². The summed E-state index contributed by atoms with van der Waals surface area (Å²) in [6.45, 7) is 14.2. The molecule has 0 amide bonds. The largest absolute Gasteiger partial charge is 0.147 e. The molecular formula is C8H20Cl2Zr. The molecule has 11 heavy (non-hydrogen) atoms. The molecule has 3 heteroatoms. The van der Waals surface area contributed by atoms with Gasteiger partial charge in [-0.25, -0.2) is 0 Å². The van der Waals surface area contributed by atoms with E-state index in [1.165, 1.54) is 0 Å². The maximum absolute atomic E-state index is 2.37. The van der Waals surface area contributed by atoms with Crippen molar-refractivity contribution in [2.24, 2.45) is 0 Å². The summed E-state index contributed by atoms with van der Waals surface area (Å²) < 4.78 is 1.31. The summed E-state index contributed by atoms with van der Waals surface area (Å²) in [5.74, 6) is 0. The van der Waals surface area contributed by atoms with Gasteiger partial charge in [0, 0.05) is 0 Å². The molecular weight excluding hydrogens is 258 g/mol. The Labute approximate surface area is 95.3 Å². The quantitative estimate of drug-likeness (QED) is 0.618. The summed E-state index contributed by atoms with van der Waals surface area (Å²) in [6, 6.07) is 0. The summed E-state index contributed by atoms with van der Waals surface area (Å²) in [5.41, 5.74) is 0. The van der Waals surface area contributed by atoms with E-state index >= 15 is 0 Å². The maximum Gasteiger partial charge on any atom is -0.147 e. The van der Waals surface area contributed by atoms with Crippen LogP contribution in [0.1, 0.15) is 41.5 Å². The van der Waals surface area contributed by atoms with Crippen molar-refractivity contribution in [1.82, 2.24) is 0 Å². The normalized spacial score (nSPS) is 11.1. The van der Waals surface area contributed by atoms with Crippen molar-refractivity contribution >= 4 is 24.8 Å². The molecule has 0 spiro atoms. The molecule has 0 aromatic carbocycles. The number of hydrogen-bond donors (Lipinski definition) is 0. The van der Waals surface area contributed by atoms with E-state index in [9.17, 15) is 0 Å². The van der Waals surface area contributed by atoms with Crippen molar-refractivity contribution in [1.29, 1.82) is 0 Å². The van der Waals surface area contributed by atoms with Crippen molar-refractivity contribution in [3.63, 3.8) is 0 Å². The van der Waals surface area contributed by atoms with Crippen molar-refractivity contribution in [2.45, 2.75) is 47.8 Å². The topological polar surface area (TPSA) is 0 Å². The Hall–Kier alpha value is 1.46. The molecule has 0 aliphatic heterocycles. The third-order valence-electron chi connectivity index (χ3n) is 0.750. The van der Waals surface area contributed by atoms with E-state index in [0.717, 1.165) is 0 Å². The Morgan fingerprint density at radius 3 is 0.818 bits per heavy atom. The van der Waals surface area contributed by atoms with Crippen LogP contribution in [0.3, 0.4) is 0 Å². The van der Waals surface area contributed by atoms with E-state index < -0.39 is 0 Å². The minimum absolute atomic E-state index is 0. The molecule has 0 atom stereocenters. The van der Waals surface area contributed by atoms with Crippen LogP contribution in [0.4, 0.5) is 0 Å². The van der Waals surface area contributed by atoms with Crippen LogP contribution in [0.25, 0.3) is 0 Å². The summed E-state index contributed by atoms with van der Waals surface area (Å²) in [4.78, 5) is 0. The van der Waals surface area contributed by atoms with Gasteiger partial charge in [-0.15, -0.1) is 24.8 Å². The second kappa shape index (κ2) is 6.00. The summed E-state index contributed by atoms with van der Waals surface area (Å²) in [7, 11) is 0. The minimum atomic E-state index is -0.182. The fourth-order valence-electron chi connectivity index (χ4n) is 1.12. The maximum atomic E-state index is 2.37. The van der Waals surface area contributed by atoms with Gasteiger partial charge in [0.2, 0.25) is 0 Å². The zero-order chi connectivity index (χ0) is 7.71. The van der Waals surface area contributed by atoms with E-state index in [1.54, 1.807) is 0 Å². The van der Waals surface area contributed by atoms with Crippen LogP contribution in [-0.2, 0) is 23.2 Å². The molecule has 0 aliphatic rings. The Kier molecular flexibility index (Phi) is 9.97. The van der Waals surface area contributed by atoms with E-state index in [0.29, 0.717) is 6.25 Å². The Morgan fingerprint density at radius 2 is 0.818 bits per heavy atom. The van der Waals surface area contributed by atoms with Gasteiger partial charge in [0.1, 0.15) is 0 Å². The number of hydrogen-bond acceptors (Lipinski definition) is 0. The van der Waals surface area contributed by atoms with Gasteiger partial charge in [-0.05, 0) is 0 Å². The van der Waals surface area contributed by atoms with E-state index in [4.69, 9.17) is 0 Å². The average Bonchev–Trinajstić information content (AvgIpc) is 1.14.